The first-order chi connectivity index (χ1) is 9.66. The summed E-state index contributed by atoms with van der Waals surface area (Å²) in [6.45, 7) is 0.303. The van der Waals surface area contributed by atoms with Crippen LogP contribution in [0.5, 0.6) is 0 Å². The van der Waals surface area contributed by atoms with Crippen LogP contribution in [-0.2, 0) is 4.79 Å². The average molecular weight is 404 g/mol. The Hall–Kier alpha value is -0.550. The maximum atomic E-state index is 12.0. The van der Waals surface area contributed by atoms with E-state index in [-0.39, 0.29) is 5.91 Å². The normalized spacial score (nSPS) is 16.5. The van der Waals surface area contributed by atoms with Crippen molar-refractivity contribution in [1.82, 2.24) is 5.32 Å². The molecule has 1 aromatic rings. The van der Waals surface area contributed by atoms with Gasteiger partial charge in [-0.3, -0.25) is 4.79 Å². The number of benzene rings is 1. The molecule has 1 aromatic carbocycles. The lowest BCUT2D eigenvalue weighted by molar-refractivity contribution is -0.120. The van der Waals surface area contributed by atoms with E-state index in [0.29, 0.717) is 12.6 Å². The molecule has 0 aliphatic heterocycles. The molecule has 0 aromatic heterocycles. The number of hydrogen-bond acceptors (Lipinski definition) is 2. The Morgan fingerprint density at radius 1 is 1.10 bits per heavy atom. The Morgan fingerprint density at radius 3 is 2.30 bits per heavy atom. The second-order valence-corrected chi connectivity index (χ2v) is 6.91. The number of nitrogens with one attached hydrogen (secondary N) is 2. The first-order valence-corrected chi connectivity index (χ1v) is 8.72. The molecule has 0 radical (unpaired) electrons. The van der Waals surface area contributed by atoms with Gasteiger partial charge in [-0.2, -0.15) is 0 Å². The van der Waals surface area contributed by atoms with Crippen LogP contribution < -0.4 is 10.6 Å². The summed E-state index contributed by atoms with van der Waals surface area (Å²) in [6, 6.07) is 6.21. The maximum absolute atomic E-state index is 12.0. The summed E-state index contributed by atoms with van der Waals surface area (Å²) < 4.78 is 1.91. The Morgan fingerprint density at radius 2 is 1.70 bits per heavy atom. The van der Waals surface area contributed by atoms with Crippen molar-refractivity contribution in [1.29, 1.82) is 0 Å². The van der Waals surface area contributed by atoms with Gasteiger partial charge in [0.05, 0.1) is 12.2 Å². The topological polar surface area (TPSA) is 41.1 Å². The molecule has 2 N–H and O–H groups in total. The lowest BCUT2D eigenvalue weighted by atomic mass is 10.1. The molecular weight excluding hydrogens is 384 g/mol. The average Bonchev–Trinajstić information content (AvgIpc) is 2.67. The first-order valence-electron chi connectivity index (χ1n) is 7.14. The summed E-state index contributed by atoms with van der Waals surface area (Å²) in [4.78, 5) is 12.0. The highest BCUT2D eigenvalue weighted by Crippen LogP contribution is 2.30. The van der Waals surface area contributed by atoms with Crippen molar-refractivity contribution < 1.29 is 4.79 Å². The smallest absolute Gasteiger partial charge is 0.239 e. The minimum atomic E-state index is 0.0690. The number of amides is 1. The van der Waals surface area contributed by atoms with Crippen LogP contribution in [-0.4, -0.2) is 18.5 Å². The second kappa shape index (κ2) is 8.03. The third-order valence-electron chi connectivity index (χ3n) is 3.61. The molecule has 0 saturated heterocycles. The van der Waals surface area contributed by atoms with Crippen LogP contribution in [0, 0.1) is 0 Å². The van der Waals surface area contributed by atoms with Gasteiger partial charge in [-0.25, -0.2) is 0 Å². The lowest BCUT2D eigenvalue weighted by Crippen LogP contribution is -2.38. The van der Waals surface area contributed by atoms with Crippen molar-refractivity contribution in [3.8, 4) is 0 Å². The maximum Gasteiger partial charge on any atom is 0.239 e. The summed E-state index contributed by atoms with van der Waals surface area (Å²) >= 11 is 6.96. The van der Waals surface area contributed by atoms with Gasteiger partial charge >= 0.3 is 0 Å². The lowest BCUT2D eigenvalue weighted by Gasteiger charge is -2.17. The van der Waals surface area contributed by atoms with Crippen LogP contribution >= 0.6 is 31.9 Å². The van der Waals surface area contributed by atoms with E-state index in [1.165, 1.54) is 25.7 Å². The summed E-state index contributed by atoms with van der Waals surface area (Å²) in [7, 11) is 0. The molecule has 0 atom stereocenters. The van der Waals surface area contributed by atoms with Crippen molar-refractivity contribution in [2.45, 2.75) is 44.6 Å². The fourth-order valence-electron chi connectivity index (χ4n) is 2.54. The third kappa shape index (κ3) is 4.77. The number of carbonyl (C=O) groups excluding carboxylic acids is 1. The van der Waals surface area contributed by atoms with Gasteiger partial charge in [-0.15, -0.1) is 0 Å². The van der Waals surface area contributed by atoms with E-state index in [2.05, 4.69) is 42.5 Å². The zero-order valence-electron chi connectivity index (χ0n) is 11.4. The van der Waals surface area contributed by atoms with E-state index in [1.54, 1.807) is 0 Å². The predicted molar refractivity (Wildman–Crippen MR) is 90.0 cm³/mol. The van der Waals surface area contributed by atoms with E-state index in [9.17, 15) is 4.79 Å². The van der Waals surface area contributed by atoms with E-state index < -0.39 is 0 Å². The first kappa shape index (κ1) is 15.8. The van der Waals surface area contributed by atoms with Crippen LogP contribution in [0.4, 0.5) is 5.69 Å². The monoisotopic (exact) mass is 402 g/mol. The number of para-hydroxylation sites is 1. The molecule has 0 spiro atoms. The summed E-state index contributed by atoms with van der Waals surface area (Å²) in [5, 5.41) is 6.32. The molecule has 0 heterocycles. The molecule has 1 aliphatic carbocycles. The number of anilines is 1. The number of rotatable bonds is 4. The summed E-state index contributed by atoms with van der Waals surface area (Å²) in [5.74, 6) is 0.0690. The molecular formula is C15H20Br2N2O. The molecule has 0 unspecified atom stereocenters. The minimum absolute atomic E-state index is 0.0690. The predicted octanol–water partition coefficient (Wildman–Crippen LogP) is 4.46. The minimum Gasteiger partial charge on any atom is -0.374 e. The van der Waals surface area contributed by atoms with Gasteiger partial charge in [0.2, 0.25) is 5.91 Å². The summed E-state index contributed by atoms with van der Waals surface area (Å²) in [6.07, 6.45) is 7.29. The SMILES string of the molecule is O=C(CNc1c(Br)cccc1Br)NC1CCCCCC1. The highest BCUT2D eigenvalue weighted by Gasteiger charge is 2.15. The molecule has 0 bridgehead atoms. The molecule has 1 amide bonds. The molecule has 20 heavy (non-hydrogen) atoms. The van der Waals surface area contributed by atoms with E-state index >= 15 is 0 Å². The fourth-order valence-corrected chi connectivity index (χ4v) is 3.82. The van der Waals surface area contributed by atoms with Gasteiger partial charge < -0.3 is 10.6 Å². The zero-order chi connectivity index (χ0) is 14.4. The van der Waals surface area contributed by atoms with Crippen LogP contribution in [0.2, 0.25) is 0 Å². The van der Waals surface area contributed by atoms with Crippen molar-refractivity contribution in [2.24, 2.45) is 0 Å². The fraction of sp³-hybridized carbons (Fsp3) is 0.533. The molecule has 110 valence electrons. The second-order valence-electron chi connectivity index (χ2n) is 5.21. The van der Waals surface area contributed by atoms with Crippen molar-refractivity contribution >= 4 is 43.5 Å². The molecule has 1 aliphatic rings. The van der Waals surface area contributed by atoms with E-state index in [1.807, 2.05) is 18.2 Å². The number of halogens is 2. The Balaban J connectivity index is 1.82. The highest BCUT2D eigenvalue weighted by atomic mass is 79.9. The molecule has 1 saturated carbocycles. The number of hydrogen-bond donors (Lipinski definition) is 2. The Bertz CT molecular complexity index is 437. The Kier molecular flexibility index (Phi) is 6.36. The van der Waals surface area contributed by atoms with Gasteiger partial charge in [0.1, 0.15) is 0 Å². The summed E-state index contributed by atoms with van der Waals surface area (Å²) in [5.41, 5.74) is 0.920. The van der Waals surface area contributed by atoms with Gasteiger partial charge in [0.25, 0.3) is 0 Å². The van der Waals surface area contributed by atoms with Crippen molar-refractivity contribution in [2.75, 3.05) is 11.9 Å². The molecule has 2 rings (SSSR count). The van der Waals surface area contributed by atoms with Crippen LogP contribution in [0.15, 0.2) is 27.1 Å². The van der Waals surface area contributed by atoms with Gasteiger partial charge in [0, 0.05) is 15.0 Å². The molecule has 5 heteroatoms. The largest absolute Gasteiger partial charge is 0.374 e. The highest BCUT2D eigenvalue weighted by molar-refractivity contribution is 9.11. The van der Waals surface area contributed by atoms with Crippen LogP contribution in [0.25, 0.3) is 0 Å². The van der Waals surface area contributed by atoms with E-state index in [0.717, 1.165) is 27.5 Å². The van der Waals surface area contributed by atoms with Crippen molar-refractivity contribution in [3.05, 3.63) is 27.1 Å². The van der Waals surface area contributed by atoms with Crippen LogP contribution in [0.3, 0.4) is 0 Å². The zero-order valence-corrected chi connectivity index (χ0v) is 14.6. The molecule has 1 fully saturated rings. The van der Waals surface area contributed by atoms with Gasteiger partial charge in [-0.05, 0) is 56.8 Å². The number of carbonyl (C=O) groups is 1. The Labute approximate surface area is 137 Å². The van der Waals surface area contributed by atoms with E-state index in [4.69, 9.17) is 0 Å². The van der Waals surface area contributed by atoms with Crippen molar-refractivity contribution in [3.63, 3.8) is 0 Å². The van der Waals surface area contributed by atoms with Crippen LogP contribution in [0.1, 0.15) is 38.5 Å². The molecule has 3 nitrogen and oxygen atoms in total. The van der Waals surface area contributed by atoms with Gasteiger partial charge in [-0.1, -0.05) is 31.7 Å². The quantitative estimate of drug-likeness (QED) is 0.728. The third-order valence-corrected chi connectivity index (χ3v) is 4.93. The van der Waals surface area contributed by atoms with Gasteiger partial charge in [0.15, 0.2) is 0 Å². The standard InChI is InChI=1S/C15H20Br2N2O/c16-12-8-5-9-13(17)15(12)18-10-14(20)19-11-6-3-1-2-4-7-11/h5,8-9,11,18H,1-4,6-7,10H2,(H,19,20).